The Balaban J connectivity index is 1.54. The average molecular weight is 459 g/mol. The predicted molar refractivity (Wildman–Crippen MR) is 135 cm³/mol. The number of nitrogens with zero attached hydrogens (tertiary/aromatic N) is 3. The van der Waals surface area contributed by atoms with E-state index < -0.39 is 0 Å². The number of para-hydroxylation sites is 2. The summed E-state index contributed by atoms with van der Waals surface area (Å²) < 4.78 is 1.61. The molecule has 1 heterocycles. The predicted octanol–water partition coefficient (Wildman–Crippen LogP) is 4.17. The molecular formula is C26H26N4O2S. The van der Waals surface area contributed by atoms with Crippen LogP contribution < -0.4 is 15.8 Å². The fraction of sp³-hybridized carbons (Fsp3) is 0.192. The van der Waals surface area contributed by atoms with Gasteiger partial charge in [-0.25, -0.2) is 4.98 Å². The Labute approximate surface area is 197 Å². The number of anilines is 1. The normalized spacial score (nSPS) is 10.9. The Morgan fingerprint density at radius 2 is 1.70 bits per heavy atom. The van der Waals surface area contributed by atoms with Gasteiger partial charge in [0.2, 0.25) is 5.91 Å². The smallest absolute Gasteiger partial charge is 0.266 e. The molecule has 0 unspecified atom stereocenters. The van der Waals surface area contributed by atoms with Crippen molar-refractivity contribution >= 4 is 34.3 Å². The summed E-state index contributed by atoms with van der Waals surface area (Å²) in [6.45, 7) is 2.41. The van der Waals surface area contributed by atoms with Crippen molar-refractivity contribution in [3.05, 3.63) is 94.3 Å². The van der Waals surface area contributed by atoms with Crippen LogP contribution in [0.3, 0.4) is 0 Å². The molecule has 0 saturated heterocycles. The highest BCUT2D eigenvalue weighted by Crippen LogP contribution is 2.23. The van der Waals surface area contributed by atoms with Crippen LogP contribution in [0, 0.1) is 6.92 Å². The molecule has 1 amide bonds. The highest BCUT2D eigenvalue weighted by Gasteiger charge is 2.16. The van der Waals surface area contributed by atoms with E-state index in [9.17, 15) is 9.59 Å². The van der Waals surface area contributed by atoms with Gasteiger partial charge in [-0.1, -0.05) is 54.2 Å². The first-order valence-electron chi connectivity index (χ1n) is 10.7. The summed E-state index contributed by atoms with van der Waals surface area (Å²) in [6, 6.07) is 23.0. The molecule has 0 atom stereocenters. The van der Waals surface area contributed by atoms with E-state index in [-0.39, 0.29) is 17.2 Å². The Bertz CT molecular complexity index is 1350. The zero-order valence-electron chi connectivity index (χ0n) is 18.9. The van der Waals surface area contributed by atoms with Crippen LogP contribution in [0.25, 0.3) is 16.6 Å². The number of fused-ring (bicyclic) bond motifs is 1. The third-order valence-corrected chi connectivity index (χ3v) is 6.31. The van der Waals surface area contributed by atoms with Crippen LogP contribution in [-0.4, -0.2) is 35.3 Å². The minimum absolute atomic E-state index is 0.115. The van der Waals surface area contributed by atoms with E-state index in [0.717, 1.165) is 22.5 Å². The molecule has 0 saturated carbocycles. The molecule has 0 aliphatic heterocycles. The van der Waals surface area contributed by atoms with Crippen molar-refractivity contribution in [1.29, 1.82) is 0 Å². The zero-order valence-corrected chi connectivity index (χ0v) is 19.7. The first kappa shape index (κ1) is 22.6. The molecule has 0 spiro atoms. The highest BCUT2D eigenvalue weighted by atomic mass is 32.2. The number of hydrogen-bond donors (Lipinski definition) is 1. The largest absolute Gasteiger partial charge is 0.378 e. The molecule has 33 heavy (non-hydrogen) atoms. The molecule has 0 radical (unpaired) electrons. The van der Waals surface area contributed by atoms with Crippen LogP contribution in [0.2, 0.25) is 0 Å². The van der Waals surface area contributed by atoms with Gasteiger partial charge in [0.1, 0.15) is 0 Å². The molecule has 0 bridgehead atoms. The van der Waals surface area contributed by atoms with Crippen LogP contribution in [0.5, 0.6) is 0 Å². The lowest BCUT2D eigenvalue weighted by atomic mass is 10.2. The topological polar surface area (TPSA) is 67.2 Å². The van der Waals surface area contributed by atoms with Gasteiger partial charge >= 0.3 is 0 Å². The number of thioether (sulfide) groups is 1. The van der Waals surface area contributed by atoms with Gasteiger partial charge in [0.15, 0.2) is 5.16 Å². The maximum Gasteiger partial charge on any atom is 0.266 e. The number of aromatic nitrogens is 2. The van der Waals surface area contributed by atoms with Gasteiger partial charge in [0.25, 0.3) is 5.56 Å². The molecule has 0 fully saturated rings. The molecule has 3 aromatic carbocycles. The molecule has 6 nitrogen and oxygen atoms in total. The monoisotopic (exact) mass is 458 g/mol. The van der Waals surface area contributed by atoms with Crippen LogP contribution >= 0.6 is 11.8 Å². The van der Waals surface area contributed by atoms with Crippen molar-refractivity contribution in [2.75, 3.05) is 24.7 Å². The van der Waals surface area contributed by atoms with Crippen molar-refractivity contribution < 1.29 is 4.79 Å². The first-order valence-corrected chi connectivity index (χ1v) is 11.7. The Morgan fingerprint density at radius 3 is 2.42 bits per heavy atom. The van der Waals surface area contributed by atoms with Crippen molar-refractivity contribution in [2.45, 2.75) is 18.6 Å². The first-order chi connectivity index (χ1) is 15.9. The second-order valence-corrected chi connectivity index (χ2v) is 8.91. The average Bonchev–Trinajstić information content (AvgIpc) is 2.82. The maximum absolute atomic E-state index is 13.3. The van der Waals surface area contributed by atoms with E-state index in [1.165, 1.54) is 11.8 Å². The molecule has 0 aliphatic rings. The summed E-state index contributed by atoms with van der Waals surface area (Å²) in [7, 11) is 3.98. The van der Waals surface area contributed by atoms with Crippen LogP contribution in [0.1, 0.15) is 11.1 Å². The number of carbonyl (C=O) groups is 1. The summed E-state index contributed by atoms with van der Waals surface area (Å²) in [6.07, 6.45) is 0. The molecule has 0 aliphatic carbocycles. The molecular weight excluding hydrogens is 432 g/mol. The maximum atomic E-state index is 13.3. The third-order valence-electron chi connectivity index (χ3n) is 5.38. The van der Waals surface area contributed by atoms with Gasteiger partial charge in [0.05, 0.1) is 22.3 Å². The standard InChI is InChI=1S/C26H26N4O2S/c1-18-8-4-7-11-23(18)30-25(32)21-9-5-6-10-22(21)28-26(30)33-17-24(31)27-16-19-12-14-20(15-13-19)29(2)3/h4-15H,16-17H2,1-3H3,(H,27,31). The van der Waals surface area contributed by atoms with Crippen molar-refractivity contribution in [3.63, 3.8) is 0 Å². The van der Waals surface area contributed by atoms with Gasteiger partial charge in [-0.15, -0.1) is 0 Å². The molecule has 4 rings (SSSR count). The van der Waals surface area contributed by atoms with Gasteiger partial charge in [-0.2, -0.15) is 0 Å². The van der Waals surface area contributed by atoms with Gasteiger partial charge in [-0.3, -0.25) is 14.2 Å². The summed E-state index contributed by atoms with van der Waals surface area (Å²) >= 11 is 1.26. The van der Waals surface area contributed by atoms with E-state index in [0.29, 0.717) is 22.6 Å². The Morgan fingerprint density at radius 1 is 1.00 bits per heavy atom. The van der Waals surface area contributed by atoms with Crippen molar-refractivity contribution in [1.82, 2.24) is 14.9 Å². The minimum Gasteiger partial charge on any atom is -0.378 e. The number of rotatable bonds is 7. The summed E-state index contributed by atoms with van der Waals surface area (Å²) in [5.74, 6) is 0.0438. The van der Waals surface area contributed by atoms with E-state index in [1.807, 2.05) is 92.6 Å². The molecule has 4 aromatic rings. The third kappa shape index (κ3) is 5.09. The molecule has 168 valence electrons. The number of nitrogens with one attached hydrogen (secondary N) is 1. The van der Waals surface area contributed by atoms with Gasteiger partial charge < -0.3 is 10.2 Å². The summed E-state index contributed by atoms with van der Waals surface area (Å²) in [5.41, 5.74) is 4.35. The Kier molecular flexibility index (Phi) is 6.79. The second kappa shape index (κ2) is 9.92. The summed E-state index contributed by atoms with van der Waals surface area (Å²) in [4.78, 5) is 32.7. The fourth-order valence-electron chi connectivity index (χ4n) is 3.53. The van der Waals surface area contributed by atoms with Gasteiger partial charge in [-0.05, 0) is 48.4 Å². The van der Waals surface area contributed by atoms with Gasteiger partial charge in [0, 0.05) is 26.3 Å². The SMILES string of the molecule is Cc1ccccc1-n1c(SCC(=O)NCc2ccc(N(C)C)cc2)nc2ccccc2c1=O. The van der Waals surface area contributed by atoms with Crippen LogP contribution in [0.15, 0.2) is 82.7 Å². The number of hydrogen-bond acceptors (Lipinski definition) is 5. The lowest BCUT2D eigenvalue weighted by molar-refractivity contribution is -0.118. The minimum atomic E-state index is -0.140. The number of carbonyl (C=O) groups excluding carboxylic acids is 1. The molecule has 1 aromatic heterocycles. The van der Waals surface area contributed by atoms with E-state index in [4.69, 9.17) is 4.98 Å². The fourth-order valence-corrected chi connectivity index (χ4v) is 4.37. The van der Waals surface area contributed by atoms with Crippen LogP contribution in [0.4, 0.5) is 5.69 Å². The molecule has 1 N–H and O–H groups in total. The zero-order chi connectivity index (χ0) is 23.4. The van der Waals surface area contributed by atoms with E-state index in [2.05, 4.69) is 5.32 Å². The van der Waals surface area contributed by atoms with Crippen molar-refractivity contribution in [3.8, 4) is 5.69 Å². The number of aryl methyl sites for hydroxylation is 1. The highest BCUT2D eigenvalue weighted by molar-refractivity contribution is 7.99. The quantitative estimate of drug-likeness (QED) is 0.333. The number of amides is 1. The lowest BCUT2D eigenvalue weighted by Gasteiger charge is -2.15. The van der Waals surface area contributed by atoms with Crippen LogP contribution in [-0.2, 0) is 11.3 Å². The van der Waals surface area contributed by atoms with E-state index >= 15 is 0 Å². The lowest BCUT2D eigenvalue weighted by Crippen LogP contribution is -2.26. The Hall–Kier alpha value is -3.58. The summed E-state index contributed by atoms with van der Waals surface area (Å²) in [5, 5.41) is 4.00. The molecule has 7 heteroatoms. The van der Waals surface area contributed by atoms with Crippen molar-refractivity contribution in [2.24, 2.45) is 0 Å². The second-order valence-electron chi connectivity index (χ2n) is 7.96. The number of benzene rings is 3. The van der Waals surface area contributed by atoms with E-state index in [1.54, 1.807) is 10.6 Å².